The summed E-state index contributed by atoms with van der Waals surface area (Å²) >= 11 is 0. The molecule has 3 N–H and O–H groups in total. The second kappa shape index (κ2) is 7.59. The first-order valence-electron chi connectivity index (χ1n) is 10.8. The van der Waals surface area contributed by atoms with E-state index in [0.29, 0.717) is 29.8 Å². The van der Waals surface area contributed by atoms with Gasteiger partial charge in [-0.05, 0) is 56.2 Å². The highest BCUT2D eigenvalue weighted by atomic mass is 16.2. The molecule has 0 aromatic heterocycles. The minimum atomic E-state index is -0.933. The predicted molar refractivity (Wildman–Crippen MR) is 107 cm³/mol. The van der Waals surface area contributed by atoms with Gasteiger partial charge in [-0.2, -0.15) is 0 Å². The number of piperidine rings is 2. The van der Waals surface area contributed by atoms with E-state index in [-0.39, 0.29) is 18.7 Å². The molecule has 30 heavy (non-hydrogen) atoms. The Balaban J connectivity index is 1.34. The number of benzene rings is 1. The lowest BCUT2D eigenvalue weighted by Gasteiger charge is -2.41. The molecular weight excluding hydrogens is 384 g/mol. The van der Waals surface area contributed by atoms with E-state index in [1.54, 1.807) is 12.1 Å². The molecule has 2 bridgehead atoms. The van der Waals surface area contributed by atoms with Crippen molar-refractivity contribution in [3.8, 4) is 0 Å². The highest BCUT2D eigenvalue weighted by molar-refractivity contribution is 6.24. The molecule has 3 fully saturated rings. The van der Waals surface area contributed by atoms with Crippen LogP contribution in [0.25, 0.3) is 0 Å². The van der Waals surface area contributed by atoms with E-state index in [4.69, 9.17) is 0 Å². The molecule has 0 spiro atoms. The zero-order chi connectivity index (χ0) is 20.8. The van der Waals surface area contributed by atoms with Crippen LogP contribution in [0.2, 0.25) is 0 Å². The number of fused-ring (bicyclic) bond motifs is 3. The van der Waals surface area contributed by atoms with E-state index in [9.17, 15) is 19.2 Å². The maximum Gasteiger partial charge on any atom is 0.262 e. The van der Waals surface area contributed by atoms with Gasteiger partial charge in [0.1, 0.15) is 6.04 Å². The van der Waals surface area contributed by atoms with Crippen molar-refractivity contribution in [1.29, 1.82) is 0 Å². The highest BCUT2D eigenvalue weighted by Crippen LogP contribution is 2.32. The molecule has 3 heterocycles. The van der Waals surface area contributed by atoms with Crippen molar-refractivity contribution in [2.45, 2.75) is 63.2 Å². The number of rotatable bonds is 4. The molecule has 4 atom stereocenters. The lowest BCUT2D eigenvalue weighted by Crippen LogP contribution is -2.54. The van der Waals surface area contributed by atoms with Crippen molar-refractivity contribution in [3.63, 3.8) is 0 Å². The SMILES string of the molecule is O=C1CCC(N2C(=O)c3cccc(CNC4CCC5CCNC4C5)c3C2=O)C(=O)N1. The number of hydrogen-bond acceptors (Lipinski definition) is 6. The van der Waals surface area contributed by atoms with E-state index in [1.807, 2.05) is 6.07 Å². The Morgan fingerprint density at radius 3 is 2.73 bits per heavy atom. The molecule has 1 aromatic carbocycles. The van der Waals surface area contributed by atoms with E-state index < -0.39 is 23.8 Å². The Morgan fingerprint density at radius 2 is 1.90 bits per heavy atom. The van der Waals surface area contributed by atoms with E-state index >= 15 is 0 Å². The molecule has 158 valence electrons. The number of nitrogens with one attached hydrogen (secondary N) is 3. The van der Waals surface area contributed by atoms with Crippen LogP contribution in [0.1, 0.15) is 64.8 Å². The third kappa shape index (κ3) is 3.24. The lowest BCUT2D eigenvalue weighted by atomic mass is 9.78. The van der Waals surface area contributed by atoms with Crippen molar-refractivity contribution in [2.24, 2.45) is 5.92 Å². The number of hydrogen-bond donors (Lipinski definition) is 3. The van der Waals surface area contributed by atoms with Crippen molar-refractivity contribution >= 4 is 23.6 Å². The van der Waals surface area contributed by atoms with Crippen molar-refractivity contribution in [3.05, 3.63) is 34.9 Å². The second-order valence-corrected chi connectivity index (χ2v) is 8.80. The Morgan fingerprint density at radius 1 is 1.03 bits per heavy atom. The number of amides is 4. The molecule has 2 saturated heterocycles. The third-order valence-corrected chi connectivity index (χ3v) is 7.03. The predicted octanol–water partition coefficient (Wildman–Crippen LogP) is 0.708. The largest absolute Gasteiger partial charge is 0.312 e. The van der Waals surface area contributed by atoms with Gasteiger partial charge < -0.3 is 10.6 Å². The van der Waals surface area contributed by atoms with Gasteiger partial charge in [0.2, 0.25) is 11.8 Å². The van der Waals surface area contributed by atoms with Gasteiger partial charge in [-0.3, -0.25) is 29.4 Å². The monoisotopic (exact) mass is 410 g/mol. The molecule has 5 rings (SSSR count). The van der Waals surface area contributed by atoms with Crippen LogP contribution in [0.4, 0.5) is 0 Å². The topological polar surface area (TPSA) is 108 Å². The third-order valence-electron chi connectivity index (χ3n) is 7.03. The Labute approximate surface area is 174 Å². The highest BCUT2D eigenvalue weighted by Gasteiger charge is 2.45. The molecule has 4 amide bonds. The van der Waals surface area contributed by atoms with Gasteiger partial charge in [0.05, 0.1) is 11.1 Å². The van der Waals surface area contributed by atoms with Crippen molar-refractivity contribution in [2.75, 3.05) is 6.54 Å². The summed E-state index contributed by atoms with van der Waals surface area (Å²) in [4.78, 5) is 50.9. The zero-order valence-electron chi connectivity index (χ0n) is 16.8. The second-order valence-electron chi connectivity index (χ2n) is 8.80. The summed E-state index contributed by atoms with van der Waals surface area (Å²) in [7, 11) is 0. The van der Waals surface area contributed by atoms with E-state index in [2.05, 4.69) is 16.0 Å². The van der Waals surface area contributed by atoms with Gasteiger partial charge in [-0.1, -0.05) is 12.1 Å². The summed E-state index contributed by atoms with van der Waals surface area (Å²) in [6, 6.07) is 5.15. The zero-order valence-corrected chi connectivity index (χ0v) is 16.8. The molecular formula is C22H26N4O4. The molecule has 3 aliphatic heterocycles. The first-order chi connectivity index (χ1) is 14.5. The number of carbonyl (C=O) groups excluding carboxylic acids is 4. The van der Waals surface area contributed by atoms with Gasteiger partial charge in [0.15, 0.2) is 0 Å². The Kier molecular flexibility index (Phi) is 4.91. The van der Waals surface area contributed by atoms with Crippen LogP contribution in [0.5, 0.6) is 0 Å². The molecule has 8 nitrogen and oxygen atoms in total. The van der Waals surface area contributed by atoms with Gasteiger partial charge in [0.25, 0.3) is 11.8 Å². The van der Waals surface area contributed by atoms with Crippen LogP contribution in [0, 0.1) is 5.92 Å². The molecule has 1 saturated carbocycles. The van der Waals surface area contributed by atoms with Crippen LogP contribution in [-0.2, 0) is 16.1 Å². The van der Waals surface area contributed by atoms with Gasteiger partial charge >= 0.3 is 0 Å². The Hall–Kier alpha value is -2.58. The summed E-state index contributed by atoms with van der Waals surface area (Å²) in [5, 5.41) is 9.43. The number of imide groups is 2. The van der Waals surface area contributed by atoms with Gasteiger partial charge in [-0.25, -0.2) is 0 Å². The van der Waals surface area contributed by atoms with Crippen molar-refractivity contribution < 1.29 is 19.2 Å². The minimum absolute atomic E-state index is 0.120. The first kappa shape index (κ1) is 19.4. The normalized spacial score (nSPS) is 31.0. The minimum Gasteiger partial charge on any atom is -0.312 e. The fourth-order valence-corrected chi connectivity index (χ4v) is 5.44. The van der Waals surface area contributed by atoms with Crippen LogP contribution in [-0.4, -0.2) is 53.2 Å². The van der Waals surface area contributed by atoms with Gasteiger partial charge in [0, 0.05) is 25.0 Å². The molecule has 4 aliphatic rings. The smallest absolute Gasteiger partial charge is 0.262 e. The van der Waals surface area contributed by atoms with Crippen LogP contribution < -0.4 is 16.0 Å². The standard InChI is InChI=1S/C22H26N4O4/c27-18-7-6-17(20(28)25-18)26-21(29)14-3-1-2-13(19(14)22(26)30)11-24-15-5-4-12-8-9-23-16(15)10-12/h1-3,12,15-17,23-24H,4-11H2,(H,25,27,28). The fourth-order valence-electron chi connectivity index (χ4n) is 5.44. The first-order valence-corrected chi connectivity index (χ1v) is 10.8. The summed E-state index contributed by atoms with van der Waals surface area (Å²) in [6.45, 7) is 1.56. The molecule has 1 aliphatic carbocycles. The van der Waals surface area contributed by atoms with Crippen LogP contribution in [0.3, 0.4) is 0 Å². The molecule has 4 unspecified atom stereocenters. The quantitative estimate of drug-likeness (QED) is 0.631. The summed E-state index contributed by atoms with van der Waals surface area (Å²) in [6.07, 6.45) is 5.05. The number of nitrogens with zero attached hydrogens (tertiary/aromatic N) is 1. The average Bonchev–Trinajstić information content (AvgIpc) is 2.99. The van der Waals surface area contributed by atoms with Crippen LogP contribution >= 0.6 is 0 Å². The fraction of sp³-hybridized carbons (Fsp3) is 0.545. The van der Waals surface area contributed by atoms with E-state index in [0.717, 1.165) is 29.3 Å². The summed E-state index contributed by atoms with van der Waals surface area (Å²) < 4.78 is 0. The maximum absolute atomic E-state index is 13.2. The van der Waals surface area contributed by atoms with E-state index in [1.165, 1.54) is 19.3 Å². The summed E-state index contributed by atoms with van der Waals surface area (Å²) in [5.41, 5.74) is 1.49. The van der Waals surface area contributed by atoms with Gasteiger partial charge in [-0.15, -0.1) is 0 Å². The number of carbonyl (C=O) groups is 4. The summed E-state index contributed by atoms with van der Waals surface area (Å²) in [5.74, 6) is -1.04. The van der Waals surface area contributed by atoms with Crippen LogP contribution in [0.15, 0.2) is 18.2 Å². The maximum atomic E-state index is 13.2. The average molecular weight is 410 g/mol. The lowest BCUT2D eigenvalue weighted by molar-refractivity contribution is -0.136. The molecule has 0 radical (unpaired) electrons. The molecule has 1 aromatic rings. The van der Waals surface area contributed by atoms with Crippen molar-refractivity contribution in [1.82, 2.24) is 20.9 Å². The Bertz CT molecular complexity index is 930. The molecule has 8 heteroatoms.